The lowest BCUT2D eigenvalue weighted by Gasteiger charge is -2.06. The largest absolute Gasteiger partial charge is 0.469 e. The maximum atomic E-state index is 10.8. The lowest BCUT2D eigenvalue weighted by atomic mass is 10.2. The van der Waals surface area contributed by atoms with Crippen molar-refractivity contribution in [2.75, 3.05) is 18.6 Å². The number of thioether (sulfide) groups is 1. The van der Waals surface area contributed by atoms with Crippen LogP contribution in [0.15, 0.2) is 0 Å². The Labute approximate surface area is 75.8 Å². The summed E-state index contributed by atoms with van der Waals surface area (Å²) in [6.45, 7) is 1.75. The van der Waals surface area contributed by atoms with E-state index in [4.69, 9.17) is 5.73 Å². The molecule has 1 amide bonds. The molecule has 5 heteroatoms. The molecular weight excluding hydrogens is 178 g/mol. The molecule has 0 saturated carbocycles. The number of carbonyl (C=O) groups excluding carboxylic acids is 2. The number of hydrogen-bond acceptors (Lipinski definition) is 4. The number of hydrogen-bond donors (Lipinski definition) is 1. The Morgan fingerprint density at radius 3 is 2.58 bits per heavy atom. The number of rotatable bonds is 5. The van der Waals surface area contributed by atoms with Gasteiger partial charge in [-0.3, -0.25) is 9.59 Å². The molecule has 12 heavy (non-hydrogen) atoms. The first-order valence-corrected chi connectivity index (χ1v) is 4.67. The van der Waals surface area contributed by atoms with Gasteiger partial charge in [-0.25, -0.2) is 0 Å². The minimum Gasteiger partial charge on any atom is -0.469 e. The first-order valence-electron chi connectivity index (χ1n) is 3.51. The quantitative estimate of drug-likeness (QED) is 0.622. The highest BCUT2D eigenvalue weighted by molar-refractivity contribution is 7.99. The molecule has 0 fully saturated rings. The van der Waals surface area contributed by atoms with Gasteiger partial charge in [0, 0.05) is 5.75 Å². The molecule has 70 valence electrons. The highest BCUT2D eigenvalue weighted by atomic mass is 32.2. The molecule has 1 atom stereocenters. The molecule has 0 aromatic heterocycles. The van der Waals surface area contributed by atoms with Crippen LogP contribution >= 0.6 is 11.8 Å². The minimum absolute atomic E-state index is 0.181. The first-order chi connectivity index (χ1) is 5.57. The lowest BCUT2D eigenvalue weighted by molar-refractivity contribution is -0.144. The van der Waals surface area contributed by atoms with Crippen molar-refractivity contribution in [1.82, 2.24) is 0 Å². The fourth-order valence-corrected chi connectivity index (χ4v) is 1.41. The van der Waals surface area contributed by atoms with Gasteiger partial charge in [-0.05, 0) is 0 Å². The predicted molar refractivity (Wildman–Crippen MR) is 47.7 cm³/mol. The summed E-state index contributed by atoms with van der Waals surface area (Å²) in [5.74, 6) is 0.0140. The summed E-state index contributed by atoms with van der Waals surface area (Å²) in [5.41, 5.74) is 4.91. The van der Waals surface area contributed by atoms with Crippen LogP contribution in [0.4, 0.5) is 0 Å². The van der Waals surface area contributed by atoms with Gasteiger partial charge in [0.15, 0.2) is 0 Å². The van der Waals surface area contributed by atoms with E-state index >= 15 is 0 Å². The third-order valence-electron chi connectivity index (χ3n) is 1.22. The Morgan fingerprint density at radius 2 is 2.17 bits per heavy atom. The Morgan fingerprint density at radius 1 is 1.58 bits per heavy atom. The lowest BCUT2D eigenvalue weighted by Crippen LogP contribution is -2.18. The Hall–Kier alpha value is -0.710. The van der Waals surface area contributed by atoms with Gasteiger partial charge in [0.25, 0.3) is 0 Å². The van der Waals surface area contributed by atoms with Gasteiger partial charge in [-0.2, -0.15) is 11.8 Å². The predicted octanol–water partition coefficient (Wildman–Crippen LogP) is 0.0140. The number of amides is 1. The standard InChI is InChI=1S/C7H13NO3S/c1-5(7(10)11-2)3-12-4-6(8)9/h5H,3-4H2,1-2H3,(H2,8,9)/t5-/m0/s1. The molecule has 0 saturated heterocycles. The third kappa shape index (κ3) is 5.01. The van der Waals surface area contributed by atoms with Crippen molar-refractivity contribution in [1.29, 1.82) is 0 Å². The van der Waals surface area contributed by atoms with E-state index in [1.54, 1.807) is 6.92 Å². The van der Waals surface area contributed by atoms with Crippen molar-refractivity contribution in [3.8, 4) is 0 Å². The second-order valence-corrected chi connectivity index (χ2v) is 3.44. The number of primary amides is 1. The normalized spacial score (nSPS) is 12.2. The Bertz CT molecular complexity index is 172. The molecule has 0 aliphatic rings. The summed E-state index contributed by atoms with van der Waals surface area (Å²) in [7, 11) is 1.34. The van der Waals surface area contributed by atoms with E-state index in [0.29, 0.717) is 5.75 Å². The molecule has 0 rings (SSSR count). The van der Waals surface area contributed by atoms with Crippen LogP contribution in [0.5, 0.6) is 0 Å². The van der Waals surface area contributed by atoms with Crippen LogP contribution in [0, 0.1) is 5.92 Å². The molecule has 0 aliphatic heterocycles. The molecule has 0 bridgehead atoms. The zero-order valence-electron chi connectivity index (χ0n) is 7.20. The number of esters is 1. The molecular formula is C7H13NO3S. The molecule has 2 N–H and O–H groups in total. The van der Waals surface area contributed by atoms with Crippen LogP contribution in [0.3, 0.4) is 0 Å². The summed E-state index contributed by atoms with van der Waals surface area (Å²) in [6, 6.07) is 0. The van der Waals surface area contributed by atoms with Crippen molar-refractivity contribution in [2.45, 2.75) is 6.92 Å². The van der Waals surface area contributed by atoms with Crippen molar-refractivity contribution >= 4 is 23.6 Å². The highest BCUT2D eigenvalue weighted by Crippen LogP contribution is 2.08. The fraction of sp³-hybridized carbons (Fsp3) is 0.714. The van der Waals surface area contributed by atoms with Gasteiger partial charge < -0.3 is 10.5 Å². The summed E-state index contributed by atoms with van der Waals surface area (Å²) in [4.78, 5) is 21.1. The molecule has 0 spiro atoms. The van der Waals surface area contributed by atoms with Crippen LogP contribution in [0.1, 0.15) is 6.92 Å². The van der Waals surface area contributed by atoms with Crippen molar-refractivity contribution in [3.05, 3.63) is 0 Å². The van der Waals surface area contributed by atoms with Crippen LogP contribution in [0.25, 0.3) is 0 Å². The van der Waals surface area contributed by atoms with E-state index in [0.717, 1.165) is 0 Å². The van der Waals surface area contributed by atoms with Crippen molar-refractivity contribution in [3.63, 3.8) is 0 Å². The number of carbonyl (C=O) groups is 2. The molecule has 0 radical (unpaired) electrons. The minimum atomic E-state index is -0.364. The second kappa shape index (κ2) is 5.88. The van der Waals surface area contributed by atoms with Gasteiger partial charge >= 0.3 is 5.97 Å². The maximum absolute atomic E-state index is 10.8. The van der Waals surface area contributed by atoms with Crippen molar-refractivity contribution in [2.24, 2.45) is 11.7 Å². The monoisotopic (exact) mass is 191 g/mol. The average molecular weight is 191 g/mol. The summed E-state index contributed by atoms with van der Waals surface area (Å²) < 4.78 is 4.50. The van der Waals surface area contributed by atoms with Gasteiger partial charge in [0.2, 0.25) is 5.91 Å². The van der Waals surface area contributed by atoms with Crippen LogP contribution < -0.4 is 5.73 Å². The Kier molecular flexibility index (Phi) is 5.53. The number of nitrogens with two attached hydrogens (primary N) is 1. The van der Waals surface area contributed by atoms with E-state index in [1.165, 1.54) is 18.9 Å². The topological polar surface area (TPSA) is 69.4 Å². The van der Waals surface area contributed by atoms with E-state index in [-0.39, 0.29) is 23.5 Å². The molecule has 0 unspecified atom stereocenters. The smallest absolute Gasteiger partial charge is 0.309 e. The average Bonchev–Trinajstić information content (AvgIpc) is 2.02. The molecule has 0 aromatic carbocycles. The van der Waals surface area contributed by atoms with Gasteiger partial charge in [-0.1, -0.05) is 6.92 Å². The maximum Gasteiger partial charge on any atom is 0.309 e. The number of methoxy groups -OCH3 is 1. The summed E-state index contributed by atoms with van der Waals surface area (Å²) in [6.07, 6.45) is 0. The SMILES string of the molecule is COC(=O)[C@@H](C)CSCC(N)=O. The summed E-state index contributed by atoms with van der Waals surface area (Å²) in [5, 5.41) is 0. The van der Waals surface area contributed by atoms with Crippen molar-refractivity contribution < 1.29 is 14.3 Å². The van der Waals surface area contributed by atoms with Crippen LogP contribution in [0.2, 0.25) is 0 Å². The zero-order valence-corrected chi connectivity index (χ0v) is 8.02. The third-order valence-corrected chi connectivity index (χ3v) is 2.44. The molecule has 4 nitrogen and oxygen atoms in total. The van der Waals surface area contributed by atoms with E-state index < -0.39 is 0 Å². The van der Waals surface area contributed by atoms with E-state index in [1.807, 2.05) is 0 Å². The fourth-order valence-electron chi connectivity index (χ4n) is 0.606. The number of ether oxygens (including phenoxy) is 1. The van der Waals surface area contributed by atoms with E-state index in [9.17, 15) is 9.59 Å². The van der Waals surface area contributed by atoms with Crippen LogP contribution in [-0.2, 0) is 14.3 Å². The van der Waals surface area contributed by atoms with Gasteiger partial charge in [-0.15, -0.1) is 0 Å². The zero-order chi connectivity index (χ0) is 9.56. The second-order valence-electron chi connectivity index (χ2n) is 2.41. The summed E-state index contributed by atoms with van der Waals surface area (Å²) >= 11 is 1.34. The molecule has 0 aliphatic carbocycles. The molecule has 0 aromatic rings. The Balaban J connectivity index is 3.50. The van der Waals surface area contributed by atoms with Gasteiger partial charge in [0.1, 0.15) is 0 Å². The molecule has 0 heterocycles. The highest BCUT2D eigenvalue weighted by Gasteiger charge is 2.12. The van der Waals surface area contributed by atoms with Crippen LogP contribution in [-0.4, -0.2) is 30.5 Å². The van der Waals surface area contributed by atoms with E-state index in [2.05, 4.69) is 4.74 Å². The first kappa shape index (κ1) is 11.3. The van der Waals surface area contributed by atoms with Gasteiger partial charge in [0.05, 0.1) is 18.8 Å².